The fourth-order valence-electron chi connectivity index (χ4n) is 5.75. The van der Waals surface area contributed by atoms with Gasteiger partial charge in [-0.2, -0.15) is 0 Å². The van der Waals surface area contributed by atoms with Crippen molar-refractivity contribution in [2.75, 3.05) is 65.1 Å². The van der Waals surface area contributed by atoms with Gasteiger partial charge >= 0.3 is 6.09 Å². The zero-order chi connectivity index (χ0) is 36.0. The molecule has 13 heteroatoms. The van der Waals surface area contributed by atoms with E-state index in [-0.39, 0.29) is 11.3 Å². The Bertz CT molecular complexity index is 1440. The second-order valence-electron chi connectivity index (χ2n) is 14.0. The largest absolute Gasteiger partial charge is 0.444 e. The fourth-order valence-corrected chi connectivity index (χ4v) is 5.75. The van der Waals surface area contributed by atoms with Crippen molar-refractivity contribution in [3.8, 4) is 0 Å². The molecule has 0 aliphatic heterocycles. The summed E-state index contributed by atoms with van der Waals surface area (Å²) in [7, 11) is 1.73. The third-order valence-corrected chi connectivity index (χ3v) is 8.77. The van der Waals surface area contributed by atoms with Crippen LogP contribution in [0.15, 0.2) is 36.4 Å². The molecule has 0 atom stereocenters. The summed E-state index contributed by atoms with van der Waals surface area (Å²) in [5.41, 5.74) is 3.66. The average molecular weight is 694 g/mol. The number of hydrogen-bond donors (Lipinski definition) is 5. The molecular formula is C37H55N7O6. The topological polar surface area (TPSA) is 171 Å². The minimum Gasteiger partial charge on any atom is -0.444 e. The lowest BCUT2D eigenvalue weighted by atomic mass is 9.62. The van der Waals surface area contributed by atoms with Crippen LogP contribution in [0.4, 0.5) is 10.5 Å². The molecule has 274 valence electrons. The van der Waals surface area contributed by atoms with E-state index >= 15 is 0 Å². The molecule has 13 nitrogen and oxygen atoms in total. The number of nitrogens with one attached hydrogen (secondary N) is 5. The third-order valence-electron chi connectivity index (χ3n) is 8.77. The Morgan fingerprint density at radius 2 is 1.68 bits per heavy atom. The lowest BCUT2D eigenvalue weighted by Crippen LogP contribution is -2.40. The van der Waals surface area contributed by atoms with Gasteiger partial charge in [-0.15, -0.1) is 0 Å². The van der Waals surface area contributed by atoms with E-state index in [1.165, 1.54) is 6.34 Å². The van der Waals surface area contributed by atoms with Crippen LogP contribution >= 0.6 is 0 Å². The number of nitrogens with zero attached hydrogens (tertiary/aromatic N) is 2. The van der Waals surface area contributed by atoms with Crippen molar-refractivity contribution in [2.45, 2.75) is 82.8 Å². The van der Waals surface area contributed by atoms with E-state index in [0.29, 0.717) is 83.1 Å². The normalized spacial score (nSPS) is 15.1. The number of rotatable bonds is 21. The first-order chi connectivity index (χ1) is 24.0. The molecule has 2 aliphatic rings. The van der Waals surface area contributed by atoms with Crippen molar-refractivity contribution in [1.82, 2.24) is 20.5 Å². The number of hydrogen-bond acceptors (Lipinski definition) is 10. The van der Waals surface area contributed by atoms with E-state index in [1.807, 2.05) is 45.0 Å². The van der Waals surface area contributed by atoms with Crippen LogP contribution in [-0.2, 0) is 30.9 Å². The van der Waals surface area contributed by atoms with E-state index in [9.17, 15) is 9.59 Å². The monoisotopic (exact) mass is 693 g/mol. The van der Waals surface area contributed by atoms with Crippen LogP contribution in [-0.4, -0.2) is 99.4 Å². The van der Waals surface area contributed by atoms with Crippen molar-refractivity contribution in [1.29, 1.82) is 10.8 Å². The van der Waals surface area contributed by atoms with E-state index in [2.05, 4.69) is 22.0 Å². The third kappa shape index (κ3) is 12.4. The van der Waals surface area contributed by atoms with Crippen LogP contribution in [0.1, 0.15) is 92.5 Å². The molecule has 0 saturated heterocycles. The Hall–Kier alpha value is -3.91. The number of aromatic nitrogens is 1. The number of anilines is 1. The highest BCUT2D eigenvalue weighted by atomic mass is 16.6. The minimum absolute atomic E-state index is 0.138. The number of carbonyl (C=O) groups is 2. The smallest absolute Gasteiger partial charge is 0.407 e. The summed E-state index contributed by atoms with van der Waals surface area (Å²) in [4.78, 5) is 31.2. The molecule has 2 saturated carbocycles. The van der Waals surface area contributed by atoms with E-state index in [0.717, 1.165) is 54.6 Å². The van der Waals surface area contributed by atoms with Gasteiger partial charge in [0.15, 0.2) is 0 Å². The van der Waals surface area contributed by atoms with Crippen molar-refractivity contribution >= 4 is 29.9 Å². The highest BCUT2D eigenvalue weighted by molar-refractivity contribution is 6.03. The summed E-state index contributed by atoms with van der Waals surface area (Å²) in [5, 5.41) is 25.0. The second-order valence-corrected chi connectivity index (χ2v) is 14.0. The minimum atomic E-state index is -0.521. The number of amides is 2. The Morgan fingerprint density at radius 3 is 2.30 bits per heavy atom. The van der Waals surface area contributed by atoms with Gasteiger partial charge in [0.2, 0.25) is 0 Å². The van der Waals surface area contributed by atoms with E-state index in [4.69, 9.17) is 34.7 Å². The number of alkyl carbamates (subject to hydrolysis) is 1. The molecule has 1 aromatic carbocycles. The SMILES string of the molecule is CN(C=N)C(=N)CC1(c2cccc(NC(=O)c3ccc(CNCCOCCOCCOCCNC(=O)OC(C)(C)C)c(C4CC4)n3)c2)CCC1. The molecule has 5 N–H and O–H groups in total. The molecule has 0 bridgehead atoms. The molecule has 1 heterocycles. The maximum atomic E-state index is 13.3. The molecule has 4 rings (SSSR count). The van der Waals surface area contributed by atoms with Gasteiger partial charge in [0, 0.05) is 55.8 Å². The molecule has 2 aliphatic carbocycles. The number of pyridine rings is 1. The Kier molecular flexibility index (Phi) is 14.7. The molecule has 2 aromatic rings. The van der Waals surface area contributed by atoms with Crippen molar-refractivity contribution in [2.24, 2.45) is 0 Å². The molecule has 1 aromatic heterocycles. The zero-order valence-corrected chi connectivity index (χ0v) is 30.1. The fraction of sp³-hybridized carbons (Fsp3) is 0.595. The van der Waals surface area contributed by atoms with Crippen LogP contribution in [0.25, 0.3) is 0 Å². The molecule has 2 fully saturated rings. The van der Waals surface area contributed by atoms with Crippen LogP contribution < -0.4 is 16.0 Å². The first-order valence-corrected chi connectivity index (χ1v) is 17.6. The Balaban J connectivity index is 1.13. The summed E-state index contributed by atoms with van der Waals surface area (Å²) >= 11 is 0. The highest BCUT2D eigenvalue weighted by Crippen LogP contribution is 2.47. The van der Waals surface area contributed by atoms with Crippen LogP contribution in [0.2, 0.25) is 0 Å². The summed E-state index contributed by atoms with van der Waals surface area (Å²) in [6.45, 7) is 9.91. The maximum Gasteiger partial charge on any atom is 0.407 e. The number of benzene rings is 1. The summed E-state index contributed by atoms with van der Waals surface area (Å²) < 4.78 is 21.8. The maximum absolute atomic E-state index is 13.3. The lowest BCUT2D eigenvalue weighted by Gasteiger charge is -2.43. The van der Waals surface area contributed by atoms with Gasteiger partial charge in [0.05, 0.1) is 46.0 Å². The van der Waals surface area contributed by atoms with Gasteiger partial charge < -0.3 is 39.8 Å². The molecule has 2 amide bonds. The second kappa shape index (κ2) is 18.9. The molecule has 0 spiro atoms. The first kappa shape index (κ1) is 38.9. The molecule has 0 radical (unpaired) electrons. The van der Waals surface area contributed by atoms with Gasteiger partial charge in [-0.3, -0.25) is 15.6 Å². The summed E-state index contributed by atoms with van der Waals surface area (Å²) in [6, 6.07) is 11.7. The van der Waals surface area contributed by atoms with Crippen molar-refractivity contribution < 1.29 is 28.5 Å². The van der Waals surface area contributed by atoms with Crippen molar-refractivity contribution in [3.63, 3.8) is 0 Å². The summed E-state index contributed by atoms with van der Waals surface area (Å²) in [6.07, 6.45) is 6.50. The van der Waals surface area contributed by atoms with Gasteiger partial charge in [-0.05, 0) is 75.8 Å². The first-order valence-electron chi connectivity index (χ1n) is 17.6. The number of amidine groups is 1. The number of carbonyl (C=O) groups excluding carboxylic acids is 2. The Morgan fingerprint density at radius 1 is 1.00 bits per heavy atom. The standard InChI is InChI=1S/C37H55N7O6/c1-36(2,3)50-35(46)41-16-18-48-20-22-49-21-19-47-17-15-40-25-28-11-12-31(43-33(28)27-9-10-27)34(45)42-30-8-5-7-29(23-30)37(13-6-14-37)24-32(39)44(4)26-38/h5,7-8,11-12,23,26-27,38-40H,6,9-10,13-22,24-25H2,1-4H3,(H,41,46)(H,42,45). The van der Waals surface area contributed by atoms with Crippen molar-refractivity contribution in [3.05, 3.63) is 58.9 Å². The predicted octanol–water partition coefficient (Wildman–Crippen LogP) is 5.20. The highest BCUT2D eigenvalue weighted by Gasteiger charge is 2.40. The average Bonchev–Trinajstić information content (AvgIpc) is 3.91. The lowest BCUT2D eigenvalue weighted by molar-refractivity contribution is 0.0145. The Labute approximate surface area is 296 Å². The molecular weight excluding hydrogens is 638 g/mol. The van der Waals surface area contributed by atoms with Gasteiger partial charge in [-0.1, -0.05) is 24.6 Å². The quantitative estimate of drug-likeness (QED) is 0.0670. The molecule has 50 heavy (non-hydrogen) atoms. The van der Waals surface area contributed by atoms with Gasteiger partial charge in [0.1, 0.15) is 17.1 Å². The van der Waals surface area contributed by atoms with E-state index in [1.54, 1.807) is 18.0 Å². The van der Waals surface area contributed by atoms with Crippen LogP contribution in [0.3, 0.4) is 0 Å². The molecule has 0 unspecified atom stereocenters. The van der Waals surface area contributed by atoms with Crippen LogP contribution in [0, 0.1) is 10.8 Å². The number of ether oxygens (including phenoxy) is 4. The van der Waals surface area contributed by atoms with Crippen LogP contribution in [0.5, 0.6) is 0 Å². The predicted molar refractivity (Wildman–Crippen MR) is 193 cm³/mol. The van der Waals surface area contributed by atoms with E-state index < -0.39 is 11.7 Å². The van der Waals surface area contributed by atoms with Gasteiger partial charge in [-0.25, -0.2) is 9.78 Å². The summed E-state index contributed by atoms with van der Waals surface area (Å²) in [5.74, 6) is 0.565. The zero-order valence-electron chi connectivity index (χ0n) is 30.1. The van der Waals surface area contributed by atoms with Gasteiger partial charge in [0.25, 0.3) is 5.91 Å².